The van der Waals surface area contributed by atoms with Crippen molar-refractivity contribution in [1.29, 1.82) is 0 Å². The highest BCUT2D eigenvalue weighted by atomic mass is 16.4. The highest BCUT2D eigenvalue weighted by Gasteiger charge is 2.24. The average Bonchev–Trinajstić information content (AvgIpc) is 2.47. The maximum Gasteiger partial charge on any atom is 0.356 e. The van der Waals surface area contributed by atoms with E-state index >= 15 is 0 Å². The third-order valence-electron chi connectivity index (χ3n) is 2.06. The van der Waals surface area contributed by atoms with Crippen LogP contribution in [0, 0.1) is 0 Å². The number of amides is 1. The number of carbonyl (C=O) groups excluding carboxylic acids is 1. The number of aromatic nitrogens is 2. The predicted octanol–water partition coefficient (Wildman–Crippen LogP) is -0.287. The predicted molar refractivity (Wildman–Crippen MR) is 46.1 cm³/mol. The van der Waals surface area contributed by atoms with Gasteiger partial charge in [0.2, 0.25) is 0 Å². The van der Waals surface area contributed by atoms with Gasteiger partial charge in [-0.25, -0.2) is 4.79 Å². The third-order valence-corrected chi connectivity index (χ3v) is 2.06. The first-order valence-corrected chi connectivity index (χ1v) is 4.20. The minimum Gasteiger partial charge on any atom is -0.476 e. The van der Waals surface area contributed by atoms with Crippen molar-refractivity contribution in [2.75, 3.05) is 0 Å². The summed E-state index contributed by atoms with van der Waals surface area (Å²) >= 11 is 0. The van der Waals surface area contributed by atoms with Crippen molar-refractivity contribution in [3.05, 3.63) is 17.5 Å². The Morgan fingerprint density at radius 2 is 2.50 bits per heavy atom. The molecule has 1 aromatic rings. The number of carboxylic acid groups (broad SMARTS) is 1. The van der Waals surface area contributed by atoms with Crippen molar-refractivity contribution in [3.8, 4) is 0 Å². The second-order valence-electron chi connectivity index (χ2n) is 3.28. The number of hydrogen-bond donors (Lipinski definition) is 2. The van der Waals surface area contributed by atoms with Gasteiger partial charge >= 0.3 is 5.97 Å². The lowest BCUT2D eigenvalue weighted by Gasteiger charge is -2.20. The van der Waals surface area contributed by atoms with Gasteiger partial charge in [0.1, 0.15) is 5.69 Å². The van der Waals surface area contributed by atoms with Crippen LogP contribution < -0.4 is 5.32 Å². The van der Waals surface area contributed by atoms with Crippen LogP contribution in [0.1, 0.15) is 27.9 Å². The molecule has 1 aliphatic heterocycles. The Bertz CT molecular complexity index is 410. The largest absolute Gasteiger partial charge is 0.476 e. The summed E-state index contributed by atoms with van der Waals surface area (Å²) in [4.78, 5) is 22.0. The normalized spacial score (nSPS) is 20.1. The van der Waals surface area contributed by atoms with Gasteiger partial charge in [-0.15, -0.1) is 0 Å². The van der Waals surface area contributed by atoms with Crippen molar-refractivity contribution in [1.82, 2.24) is 15.1 Å². The highest BCUT2D eigenvalue weighted by molar-refractivity contribution is 5.96. The fraction of sp³-hybridized carbons (Fsp3) is 0.375. The Hall–Kier alpha value is -1.85. The number of hydrogen-bond acceptors (Lipinski definition) is 3. The molecule has 1 aromatic heterocycles. The Morgan fingerprint density at radius 1 is 1.79 bits per heavy atom. The minimum absolute atomic E-state index is 0.0171. The van der Waals surface area contributed by atoms with E-state index in [4.69, 9.17) is 5.11 Å². The van der Waals surface area contributed by atoms with E-state index in [-0.39, 0.29) is 17.6 Å². The van der Waals surface area contributed by atoms with Crippen LogP contribution in [-0.2, 0) is 6.54 Å². The Morgan fingerprint density at radius 3 is 3.14 bits per heavy atom. The monoisotopic (exact) mass is 195 g/mol. The van der Waals surface area contributed by atoms with Crippen LogP contribution in [-0.4, -0.2) is 32.8 Å². The average molecular weight is 195 g/mol. The van der Waals surface area contributed by atoms with Gasteiger partial charge < -0.3 is 10.4 Å². The molecule has 2 N–H and O–H groups in total. The summed E-state index contributed by atoms with van der Waals surface area (Å²) in [7, 11) is 0. The topological polar surface area (TPSA) is 84.2 Å². The third kappa shape index (κ3) is 1.24. The quantitative estimate of drug-likeness (QED) is 0.645. The molecule has 0 bridgehead atoms. The van der Waals surface area contributed by atoms with Crippen LogP contribution in [0.2, 0.25) is 0 Å². The van der Waals surface area contributed by atoms with E-state index in [1.54, 1.807) is 0 Å². The number of nitrogens with one attached hydrogen (secondary N) is 1. The first-order valence-electron chi connectivity index (χ1n) is 4.20. The maximum absolute atomic E-state index is 11.4. The number of rotatable bonds is 1. The molecule has 2 rings (SSSR count). The molecular formula is C8H9N3O3. The molecule has 2 heterocycles. The molecule has 1 amide bonds. The van der Waals surface area contributed by atoms with E-state index in [0.717, 1.165) is 0 Å². The fourth-order valence-corrected chi connectivity index (χ4v) is 1.45. The van der Waals surface area contributed by atoms with Gasteiger partial charge in [-0.3, -0.25) is 9.48 Å². The van der Waals surface area contributed by atoms with Crippen LogP contribution in [0.5, 0.6) is 0 Å². The summed E-state index contributed by atoms with van der Waals surface area (Å²) in [6.07, 6.45) is 0. The summed E-state index contributed by atoms with van der Waals surface area (Å²) in [6, 6.07) is 1.26. The van der Waals surface area contributed by atoms with E-state index in [2.05, 4.69) is 10.4 Å². The zero-order chi connectivity index (χ0) is 10.3. The van der Waals surface area contributed by atoms with Crippen molar-refractivity contribution < 1.29 is 14.7 Å². The van der Waals surface area contributed by atoms with Gasteiger partial charge in [0.15, 0.2) is 5.69 Å². The summed E-state index contributed by atoms with van der Waals surface area (Å²) < 4.78 is 1.42. The zero-order valence-corrected chi connectivity index (χ0v) is 7.52. The SMILES string of the molecule is C[C@@H]1Cn2nc(C(=O)O)cc2C(=O)N1. The van der Waals surface area contributed by atoms with Crippen LogP contribution in [0.15, 0.2) is 6.07 Å². The molecule has 0 saturated heterocycles. The van der Waals surface area contributed by atoms with Crippen molar-refractivity contribution in [2.45, 2.75) is 19.5 Å². The van der Waals surface area contributed by atoms with Gasteiger partial charge in [0.25, 0.3) is 5.91 Å². The molecule has 0 saturated carbocycles. The summed E-state index contributed by atoms with van der Waals surface area (Å²) in [5.74, 6) is -1.39. The van der Waals surface area contributed by atoms with Gasteiger partial charge in [0, 0.05) is 12.1 Å². The Balaban J connectivity index is 2.45. The fourth-order valence-electron chi connectivity index (χ4n) is 1.45. The number of carbonyl (C=O) groups is 2. The molecule has 6 heteroatoms. The zero-order valence-electron chi connectivity index (χ0n) is 7.52. The molecule has 0 aliphatic carbocycles. The lowest BCUT2D eigenvalue weighted by atomic mass is 10.2. The lowest BCUT2D eigenvalue weighted by molar-refractivity contribution is 0.0688. The van der Waals surface area contributed by atoms with Gasteiger partial charge in [-0.05, 0) is 6.92 Å². The van der Waals surface area contributed by atoms with Gasteiger partial charge in [-0.1, -0.05) is 0 Å². The molecule has 0 fully saturated rings. The van der Waals surface area contributed by atoms with E-state index in [0.29, 0.717) is 12.2 Å². The Kier molecular flexibility index (Phi) is 1.77. The molecule has 6 nitrogen and oxygen atoms in total. The maximum atomic E-state index is 11.4. The smallest absolute Gasteiger partial charge is 0.356 e. The van der Waals surface area contributed by atoms with Crippen molar-refractivity contribution in [3.63, 3.8) is 0 Å². The molecule has 1 aliphatic rings. The molecule has 74 valence electrons. The summed E-state index contributed by atoms with van der Waals surface area (Å²) in [6.45, 7) is 2.34. The van der Waals surface area contributed by atoms with E-state index < -0.39 is 5.97 Å². The van der Waals surface area contributed by atoms with Crippen LogP contribution >= 0.6 is 0 Å². The number of fused-ring (bicyclic) bond motifs is 1. The minimum atomic E-state index is -1.12. The molecule has 0 radical (unpaired) electrons. The number of carboxylic acids is 1. The van der Waals surface area contributed by atoms with Crippen molar-refractivity contribution in [2.24, 2.45) is 0 Å². The van der Waals surface area contributed by atoms with E-state index in [9.17, 15) is 9.59 Å². The number of aromatic carboxylic acids is 1. The van der Waals surface area contributed by atoms with Crippen LogP contribution in [0.25, 0.3) is 0 Å². The Labute approximate surface area is 79.5 Å². The summed E-state index contributed by atoms with van der Waals surface area (Å²) in [5, 5.41) is 15.2. The molecule has 0 spiro atoms. The van der Waals surface area contributed by atoms with Gasteiger partial charge in [0.05, 0.1) is 6.54 Å². The first kappa shape index (κ1) is 8.74. The molecule has 0 aromatic carbocycles. The molecule has 1 atom stereocenters. The number of nitrogens with zero attached hydrogens (tertiary/aromatic N) is 2. The van der Waals surface area contributed by atoms with E-state index in [1.165, 1.54) is 10.7 Å². The second-order valence-corrected chi connectivity index (χ2v) is 3.28. The van der Waals surface area contributed by atoms with Gasteiger partial charge in [-0.2, -0.15) is 5.10 Å². The second kappa shape index (κ2) is 2.83. The molecular weight excluding hydrogens is 186 g/mol. The van der Waals surface area contributed by atoms with Crippen LogP contribution in [0.3, 0.4) is 0 Å². The molecule has 14 heavy (non-hydrogen) atoms. The van der Waals surface area contributed by atoms with Crippen molar-refractivity contribution >= 4 is 11.9 Å². The highest BCUT2D eigenvalue weighted by Crippen LogP contribution is 2.10. The standard InChI is InChI=1S/C8H9N3O3/c1-4-3-11-6(7(12)9-4)2-5(10-11)8(13)14/h2,4H,3H2,1H3,(H,9,12)(H,13,14)/t4-/m1/s1. The van der Waals surface area contributed by atoms with Crippen LogP contribution in [0.4, 0.5) is 0 Å². The first-order chi connectivity index (χ1) is 6.58. The molecule has 0 unspecified atom stereocenters. The van der Waals surface area contributed by atoms with E-state index in [1.807, 2.05) is 6.92 Å². The summed E-state index contributed by atoms with van der Waals surface area (Å²) in [5.41, 5.74) is 0.213. The lowest BCUT2D eigenvalue weighted by Crippen LogP contribution is -2.42.